The zero-order valence-electron chi connectivity index (χ0n) is 10.5. The van der Waals surface area contributed by atoms with Crippen LogP contribution in [0.15, 0.2) is 0 Å². The minimum Gasteiger partial charge on any atom is -0.380 e. The van der Waals surface area contributed by atoms with Crippen LogP contribution >= 0.6 is 0 Å². The Bertz CT molecular complexity index is 261. The first-order valence-electron chi connectivity index (χ1n) is 6.73. The van der Waals surface area contributed by atoms with Crippen molar-refractivity contribution in [2.75, 3.05) is 26.3 Å². The van der Waals surface area contributed by atoms with Gasteiger partial charge in [0.05, 0.1) is 13.2 Å². The number of rotatable bonds is 4. The van der Waals surface area contributed by atoms with Crippen LogP contribution in [0.2, 0.25) is 0 Å². The van der Waals surface area contributed by atoms with Crippen LogP contribution in [0, 0.1) is 5.41 Å². The van der Waals surface area contributed by atoms with Crippen molar-refractivity contribution in [3.8, 4) is 0 Å². The van der Waals surface area contributed by atoms with Crippen LogP contribution in [0.1, 0.15) is 33.1 Å². The van der Waals surface area contributed by atoms with Crippen LogP contribution in [0.5, 0.6) is 0 Å². The summed E-state index contributed by atoms with van der Waals surface area (Å²) in [5, 5.41) is 3.75. The summed E-state index contributed by atoms with van der Waals surface area (Å²) in [7, 11) is 0. The van der Waals surface area contributed by atoms with E-state index in [1.807, 2.05) is 0 Å². The smallest absolute Gasteiger partial charge is 0.0554 e. The van der Waals surface area contributed by atoms with E-state index in [4.69, 9.17) is 4.74 Å². The lowest BCUT2D eigenvalue weighted by atomic mass is 9.88. The van der Waals surface area contributed by atoms with Gasteiger partial charge in [-0.05, 0) is 26.2 Å². The minimum atomic E-state index is 0.413. The number of hydrogen-bond donors (Lipinski definition) is 1. The Hall–Kier alpha value is -0.120. The largest absolute Gasteiger partial charge is 0.380 e. The fourth-order valence-corrected chi connectivity index (χ4v) is 3.06. The summed E-state index contributed by atoms with van der Waals surface area (Å²) < 4.78 is 5.29. The molecule has 3 fully saturated rings. The summed E-state index contributed by atoms with van der Waals surface area (Å²) >= 11 is 0. The fourth-order valence-electron chi connectivity index (χ4n) is 3.06. The van der Waals surface area contributed by atoms with Crippen LogP contribution in [-0.2, 0) is 4.74 Å². The van der Waals surface area contributed by atoms with Gasteiger partial charge in [-0.25, -0.2) is 0 Å². The molecule has 2 aliphatic heterocycles. The predicted octanol–water partition coefficient (Wildman–Crippen LogP) is 1.24. The van der Waals surface area contributed by atoms with Crippen molar-refractivity contribution < 1.29 is 4.74 Å². The molecular formula is C13H24N2O. The van der Waals surface area contributed by atoms with Crippen LogP contribution in [0.25, 0.3) is 0 Å². The van der Waals surface area contributed by atoms with Crippen LogP contribution in [0.3, 0.4) is 0 Å². The molecule has 3 aliphatic rings. The van der Waals surface area contributed by atoms with E-state index in [-0.39, 0.29) is 0 Å². The maximum Gasteiger partial charge on any atom is 0.0554 e. The van der Waals surface area contributed by atoms with Crippen LogP contribution in [0.4, 0.5) is 0 Å². The average molecular weight is 224 g/mol. The molecule has 92 valence electrons. The van der Waals surface area contributed by atoms with Gasteiger partial charge in [0.2, 0.25) is 0 Å². The van der Waals surface area contributed by atoms with Gasteiger partial charge in [0, 0.05) is 36.6 Å². The Balaban J connectivity index is 1.45. The normalized spacial score (nSPS) is 38.6. The molecule has 3 nitrogen and oxygen atoms in total. The molecule has 1 aliphatic carbocycles. The standard InChI is InChI=1S/C13H24N2O/c1-10-5-11(6-15(10)12-3-4-12)14-7-13(2)8-16-9-13/h10-12,14H,3-9H2,1-2H3. The van der Waals surface area contributed by atoms with E-state index in [1.54, 1.807) is 0 Å². The molecule has 0 aromatic rings. The first-order valence-corrected chi connectivity index (χ1v) is 6.73. The zero-order chi connectivity index (χ0) is 11.2. The maximum atomic E-state index is 5.29. The molecule has 0 amide bonds. The van der Waals surface area contributed by atoms with Gasteiger partial charge in [-0.3, -0.25) is 4.90 Å². The van der Waals surface area contributed by atoms with E-state index in [0.29, 0.717) is 11.5 Å². The molecule has 2 heterocycles. The lowest BCUT2D eigenvalue weighted by Gasteiger charge is -2.39. The van der Waals surface area contributed by atoms with Gasteiger partial charge in [-0.1, -0.05) is 6.92 Å². The Morgan fingerprint density at radius 3 is 2.69 bits per heavy atom. The Labute approximate surface area is 98.5 Å². The summed E-state index contributed by atoms with van der Waals surface area (Å²) in [5.74, 6) is 0. The molecule has 1 N–H and O–H groups in total. The monoisotopic (exact) mass is 224 g/mol. The molecule has 0 radical (unpaired) electrons. The summed E-state index contributed by atoms with van der Waals surface area (Å²) in [4.78, 5) is 2.71. The summed E-state index contributed by atoms with van der Waals surface area (Å²) in [6.07, 6.45) is 4.19. The highest BCUT2D eigenvalue weighted by atomic mass is 16.5. The second-order valence-corrected chi connectivity index (χ2v) is 6.39. The van der Waals surface area contributed by atoms with E-state index in [1.165, 1.54) is 25.8 Å². The highest BCUT2D eigenvalue weighted by Crippen LogP contribution is 2.33. The van der Waals surface area contributed by atoms with Gasteiger partial charge in [0.1, 0.15) is 0 Å². The molecule has 2 saturated heterocycles. The van der Waals surface area contributed by atoms with Crippen molar-refractivity contribution in [3.05, 3.63) is 0 Å². The lowest BCUT2D eigenvalue weighted by molar-refractivity contribution is -0.0999. The third kappa shape index (κ3) is 2.13. The van der Waals surface area contributed by atoms with Gasteiger partial charge in [-0.2, -0.15) is 0 Å². The molecule has 0 spiro atoms. The number of nitrogens with one attached hydrogen (secondary N) is 1. The van der Waals surface area contributed by atoms with E-state index >= 15 is 0 Å². The molecule has 0 aromatic heterocycles. The molecule has 1 saturated carbocycles. The molecule has 2 atom stereocenters. The SMILES string of the molecule is CC1CC(NCC2(C)COC2)CN1C1CC1. The number of nitrogens with zero attached hydrogens (tertiary/aromatic N) is 1. The Morgan fingerprint density at radius 2 is 2.12 bits per heavy atom. The molecular weight excluding hydrogens is 200 g/mol. The number of hydrogen-bond acceptors (Lipinski definition) is 3. The summed E-state index contributed by atoms with van der Waals surface area (Å²) in [6, 6.07) is 2.42. The first kappa shape index (κ1) is 11.0. The minimum absolute atomic E-state index is 0.413. The van der Waals surface area contributed by atoms with Crippen molar-refractivity contribution in [2.45, 2.75) is 51.2 Å². The van der Waals surface area contributed by atoms with E-state index in [2.05, 4.69) is 24.1 Å². The van der Waals surface area contributed by atoms with E-state index in [9.17, 15) is 0 Å². The predicted molar refractivity (Wildman–Crippen MR) is 64.5 cm³/mol. The molecule has 3 heteroatoms. The van der Waals surface area contributed by atoms with E-state index < -0.39 is 0 Å². The van der Waals surface area contributed by atoms with Crippen molar-refractivity contribution in [2.24, 2.45) is 5.41 Å². The van der Waals surface area contributed by atoms with Crippen molar-refractivity contribution in [3.63, 3.8) is 0 Å². The quantitative estimate of drug-likeness (QED) is 0.777. The first-order chi connectivity index (χ1) is 7.66. The van der Waals surface area contributed by atoms with Gasteiger partial charge in [0.15, 0.2) is 0 Å². The highest BCUT2D eigenvalue weighted by Gasteiger charge is 2.40. The number of ether oxygens (including phenoxy) is 1. The van der Waals surface area contributed by atoms with Crippen molar-refractivity contribution in [1.29, 1.82) is 0 Å². The van der Waals surface area contributed by atoms with Crippen LogP contribution < -0.4 is 5.32 Å². The Kier molecular flexibility index (Phi) is 2.73. The van der Waals surface area contributed by atoms with Crippen LogP contribution in [-0.4, -0.2) is 49.3 Å². The third-order valence-corrected chi connectivity index (χ3v) is 4.36. The topological polar surface area (TPSA) is 24.5 Å². The van der Waals surface area contributed by atoms with E-state index in [0.717, 1.165) is 31.8 Å². The van der Waals surface area contributed by atoms with Gasteiger partial charge in [-0.15, -0.1) is 0 Å². The van der Waals surface area contributed by atoms with Gasteiger partial charge >= 0.3 is 0 Å². The molecule has 3 rings (SSSR count). The van der Waals surface area contributed by atoms with Crippen molar-refractivity contribution in [1.82, 2.24) is 10.2 Å². The average Bonchev–Trinajstić information content (AvgIpc) is 2.98. The van der Waals surface area contributed by atoms with Gasteiger partial charge in [0.25, 0.3) is 0 Å². The second-order valence-electron chi connectivity index (χ2n) is 6.39. The maximum absolute atomic E-state index is 5.29. The van der Waals surface area contributed by atoms with Crippen molar-refractivity contribution >= 4 is 0 Å². The Morgan fingerprint density at radius 1 is 1.38 bits per heavy atom. The zero-order valence-corrected chi connectivity index (χ0v) is 10.5. The van der Waals surface area contributed by atoms with Gasteiger partial charge < -0.3 is 10.1 Å². The molecule has 16 heavy (non-hydrogen) atoms. The number of likely N-dealkylation sites (tertiary alicyclic amines) is 1. The molecule has 0 aromatic carbocycles. The highest BCUT2D eigenvalue weighted by molar-refractivity contribution is 4.97. The molecule has 2 unspecified atom stereocenters. The summed E-state index contributed by atoms with van der Waals surface area (Å²) in [6.45, 7) is 8.98. The molecule has 0 bridgehead atoms. The summed E-state index contributed by atoms with van der Waals surface area (Å²) in [5.41, 5.74) is 0.413. The lowest BCUT2D eigenvalue weighted by Crippen LogP contribution is -2.50. The fraction of sp³-hybridized carbons (Fsp3) is 1.00. The third-order valence-electron chi connectivity index (χ3n) is 4.36. The second kappa shape index (κ2) is 3.97.